The molecule has 0 radical (unpaired) electrons. The van der Waals surface area contributed by atoms with Gasteiger partial charge in [-0.2, -0.15) is 4.98 Å². The Morgan fingerprint density at radius 2 is 2.28 bits per heavy atom. The lowest BCUT2D eigenvalue weighted by Gasteiger charge is -2.50. The maximum absolute atomic E-state index is 12.5. The summed E-state index contributed by atoms with van der Waals surface area (Å²) < 4.78 is 4.88. The number of amides is 3. The highest BCUT2D eigenvalue weighted by molar-refractivity contribution is 5.99. The molecule has 1 spiro atoms. The van der Waals surface area contributed by atoms with Gasteiger partial charge in [0, 0.05) is 13.5 Å². The number of hydrogen-bond acceptors (Lipinski definition) is 7. The highest BCUT2D eigenvalue weighted by atomic mass is 16.5. The molecule has 2 saturated heterocycles. The third kappa shape index (κ3) is 2.97. The smallest absolute Gasteiger partial charge is 0.251 e. The first-order valence-electron chi connectivity index (χ1n) is 8.17. The second-order valence-electron chi connectivity index (χ2n) is 6.53. The van der Waals surface area contributed by atoms with Crippen LogP contribution >= 0.6 is 0 Å². The van der Waals surface area contributed by atoms with E-state index in [2.05, 4.69) is 15.5 Å². The zero-order valence-electron chi connectivity index (χ0n) is 14.1. The number of aliphatic hydroxyl groups excluding tert-OH is 1. The number of carbonyl (C=O) groups is 3. The zero-order valence-corrected chi connectivity index (χ0v) is 14.1. The molecule has 0 aliphatic carbocycles. The summed E-state index contributed by atoms with van der Waals surface area (Å²) in [5, 5.41) is 15.8. The number of nitrogens with one attached hydrogen (secondary N) is 1. The first-order chi connectivity index (χ1) is 11.8. The molecule has 1 aromatic heterocycles. The molecule has 0 saturated carbocycles. The van der Waals surface area contributed by atoms with Crippen LogP contribution in [0.3, 0.4) is 0 Å². The standard InChI is InChI=1S/C15H21N5O5/c1-9(21)12(13-16-8-17-25-13)18-11(23)6-19-7-15(14(19)24)4-3-5-20(15)10(2)22/h8-9,12,21H,3-7H2,1-2H3,(H,18,23). The summed E-state index contributed by atoms with van der Waals surface area (Å²) in [6.07, 6.45) is 1.65. The Balaban J connectivity index is 1.60. The summed E-state index contributed by atoms with van der Waals surface area (Å²) in [5.74, 6) is -0.685. The van der Waals surface area contributed by atoms with E-state index in [1.54, 1.807) is 4.90 Å². The first kappa shape index (κ1) is 17.3. The Morgan fingerprint density at radius 1 is 1.52 bits per heavy atom. The van der Waals surface area contributed by atoms with E-state index in [0.717, 1.165) is 6.42 Å². The van der Waals surface area contributed by atoms with Crippen molar-refractivity contribution in [2.45, 2.75) is 44.4 Å². The molecule has 1 aromatic rings. The van der Waals surface area contributed by atoms with Gasteiger partial charge in [-0.25, -0.2) is 0 Å². The van der Waals surface area contributed by atoms with E-state index in [4.69, 9.17) is 4.52 Å². The Hall–Kier alpha value is -2.49. The minimum Gasteiger partial charge on any atom is -0.391 e. The number of aliphatic hydroxyl groups is 1. The molecular weight excluding hydrogens is 330 g/mol. The van der Waals surface area contributed by atoms with Crippen LogP contribution < -0.4 is 5.32 Å². The first-order valence-corrected chi connectivity index (χ1v) is 8.17. The summed E-state index contributed by atoms with van der Waals surface area (Å²) in [4.78, 5) is 43.3. The van der Waals surface area contributed by atoms with Gasteiger partial charge in [-0.05, 0) is 19.8 Å². The molecule has 10 heteroatoms. The van der Waals surface area contributed by atoms with Gasteiger partial charge in [0.1, 0.15) is 11.6 Å². The predicted molar refractivity (Wildman–Crippen MR) is 82.8 cm³/mol. The Kier molecular flexibility index (Phi) is 4.46. The lowest BCUT2D eigenvalue weighted by atomic mass is 9.85. The molecule has 2 fully saturated rings. The molecule has 0 bridgehead atoms. The fourth-order valence-corrected chi connectivity index (χ4v) is 3.61. The fourth-order valence-electron chi connectivity index (χ4n) is 3.61. The van der Waals surface area contributed by atoms with Crippen LogP contribution in [0.2, 0.25) is 0 Å². The van der Waals surface area contributed by atoms with Crippen LogP contribution in [0.15, 0.2) is 10.9 Å². The average Bonchev–Trinajstić information content (AvgIpc) is 3.22. The maximum atomic E-state index is 12.5. The van der Waals surface area contributed by atoms with Gasteiger partial charge in [-0.15, -0.1) is 0 Å². The van der Waals surface area contributed by atoms with Crippen molar-refractivity contribution in [3.8, 4) is 0 Å². The summed E-state index contributed by atoms with van der Waals surface area (Å²) >= 11 is 0. The summed E-state index contributed by atoms with van der Waals surface area (Å²) in [6, 6.07) is -0.847. The number of carbonyl (C=O) groups excluding carboxylic acids is 3. The number of nitrogens with zero attached hydrogens (tertiary/aromatic N) is 4. The van der Waals surface area contributed by atoms with E-state index in [9.17, 15) is 19.5 Å². The Labute approximate surface area is 144 Å². The van der Waals surface area contributed by atoms with Crippen molar-refractivity contribution in [3.63, 3.8) is 0 Å². The molecule has 2 aliphatic heterocycles. The molecular formula is C15H21N5O5. The molecule has 3 atom stereocenters. The molecule has 136 valence electrons. The SMILES string of the molecule is CC(=O)N1CCCC12CN(CC(=O)NC(c1ncno1)C(C)O)C2=O. The minimum absolute atomic E-state index is 0.0910. The van der Waals surface area contributed by atoms with E-state index < -0.39 is 23.6 Å². The van der Waals surface area contributed by atoms with Crippen molar-refractivity contribution in [2.75, 3.05) is 19.6 Å². The highest BCUT2D eigenvalue weighted by Gasteiger charge is 2.59. The van der Waals surface area contributed by atoms with Crippen LogP contribution in [-0.4, -0.2) is 74.0 Å². The minimum atomic E-state index is -0.939. The van der Waals surface area contributed by atoms with Gasteiger partial charge in [-0.3, -0.25) is 14.4 Å². The molecule has 3 rings (SSSR count). The van der Waals surface area contributed by atoms with Gasteiger partial charge in [0.25, 0.3) is 11.8 Å². The van der Waals surface area contributed by atoms with Crippen molar-refractivity contribution in [3.05, 3.63) is 12.2 Å². The molecule has 3 unspecified atom stereocenters. The summed E-state index contributed by atoms with van der Waals surface area (Å²) in [6.45, 7) is 3.71. The topological polar surface area (TPSA) is 129 Å². The molecule has 2 aliphatic rings. The summed E-state index contributed by atoms with van der Waals surface area (Å²) in [7, 11) is 0. The van der Waals surface area contributed by atoms with Gasteiger partial charge >= 0.3 is 0 Å². The second-order valence-corrected chi connectivity index (χ2v) is 6.53. The van der Waals surface area contributed by atoms with Crippen molar-refractivity contribution in [1.29, 1.82) is 0 Å². The number of rotatable bonds is 5. The Morgan fingerprint density at radius 3 is 2.84 bits per heavy atom. The molecule has 0 aromatic carbocycles. The van der Waals surface area contributed by atoms with Crippen LogP contribution in [0.4, 0.5) is 0 Å². The maximum Gasteiger partial charge on any atom is 0.251 e. The van der Waals surface area contributed by atoms with E-state index in [0.29, 0.717) is 19.5 Å². The second kappa shape index (κ2) is 6.43. The van der Waals surface area contributed by atoms with Crippen LogP contribution in [0.5, 0.6) is 0 Å². The van der Waals surface area contributed by atoms with Crippen LogP contribution in [0.25, 0.3) is 0 Å². The highest BCUT2D eigenvalue weighted by Crippen LogP contribution is 2.38. The number of aromatic nitrogens is 2. The molecule has 10 nitrogen and oxygen atoms in total. The van der Waals surface area contributed by atoms with Crippen molar-refractivity contribution in [2.24, 2.45) is 0 Å². The third-order valence-corrected chi connectivity index (χ3v) is 4.78. The lowest BCUT2D eigenvalue weighted by molar-refractivity contribution is -0.168. The molecule has 3 amide bonds. The monoisotopic (exact) mass is 351 g/mol. The fraction of sp³-hybridized carbons (Fsp3) is 0.667. The quantitative estimate of drug-likeness (QED) is 0.640. The van der Waals surface area contributed by atoms with E-state index in [1.165, 1.54) is 25.1 Å². The van der Waals surface area contributed by atoms with Crippen molar-refractivity contribution in [1.82, 2.24) is 25.3 Å². The van der Waals surface area contributed by atoms with Gasteiger partial charge in [0.05, 0.1) is 19.2 Å². The molecule has 3 heterocycles. The van der Waals surface area contributed by atoms with E-state index in [1.807, 2.05) is 0 Å². The van der Waals surface area contributed by atoms with Gasteiger partial charge in [-0.1, -0.05) is 5.16 Å². The summed E-state index contributed by atoms with van der Waals surface area (Å²) in [5.41, 5.74) is -0.776. The number of likely N-dealkylation sites (tertiary alicyclic amines) is 2. The molecule has 2 N–H and O–H groups in total. The third-order valence-electron chi connectivity index (χ3n) is 4.78. The van der Waals surface area contributed by atoms with Crippen molar-refractivity contribution >= 4 is 17.7 Å². The van der Waals surface area contributed by atoms with Gasteiger partial charge in [0.2, 0.25) is 11.8 Å². The largest absolute Gasteiger partial charge is 0.391 e. The predicted octanol–water partition coefficient (Wildman–Crippen LogP) is -1.17. The number of hydrogen-bond donors (Lipinski definition) is 2. The van der Waals surface area contributed by atoms with E-state index >= 15 is 0 Å². The van der Waals surface area contributed by atoms with Crippen LogP contribution in [-0.2, 0) is 14.4 Å². The zero-order chi connectivity index (χ0) is 18.2. The van der Waals surface area contributed by atoms with Crippen molar-refractivity contribution < 1.29 is 24.0 Å². The van der Waals surface area contributed by atoms with Crippen LogP contribution in [0.1, 0.15) is 38.6 Å². The van der Waals surface area contributed by atoms with E-state index in [-0.39, 0.29) is 24.2 Å². The van der Waals surface area contributed by atoms with Crippen LogP contribution in [0, 0.1) is 0 Å². The molecule has 25 heavy (non-hydrogen) atoms. The normalized spacial score (nSPS) is 25.0. The number of β-lactam (4-membered cyclic amide) rings is 1. The van der Waals surface area contributed by atoms with Gasteiger partial charge in [0.15, 0.2) is 6.33 Å². The van der Waals surface area contributed by atoms with Gasteiger partial charge < -0.3 is 24.7 Å². The lowest BCUT2D eigenvalue weighted by Crippen LogP contribution is -2.73. The average molecular weight is 351 g/mol. The Bertz CT molecular complexity index is 676.